The number of hydrogen-bond acceptors (Lipinski definition) is 3. The van der Waals surface area contributed by atoms with E-state index in [0.717, 1.165) is 5.56 Å². The van der Waals surface area contributed by atoms with E-state index in [4.69, 9.17) is 9.16 Å². The van der Waals surface area contributed by atoms with E-state index in [-0.39, 0.29) is 0 Å². The lowest BCUT2D eigenvalue weighted by atomic mass is 10.3. The van der Waals surface area contributed by atoms with Crippen molar-refractivity contribution < 1.29 is 9.16 Å². The molecule has 0 fully saturated rings. The fraction of sp³-hybridized carbons (Fsp3) is 0.688. The van der Waals surface area contributed by atoms with Gasteiger partial charge in [0.15, 0.2) is 0 Å². The maximum atomic E-state index is 6.53. The van der Waals surface area contributed by atoms with Gasteiger partial charge in [0.1, 0.15) is 0 Å². The maximum absolute atomic E-state index is 6.53. The smallest absolute Gasteiger partial charge is 0.212 e. The van der Waals surface area contributed by atoms with E-state index in [9.17, 15) is 0 Å². The monoisotopic (exact) mass is 295 g/mol. The lowest BCUT2D eigenvalue weighted by Crippen LogP contribution is -2.47. The van der Waals surface area contributed by atoms with Crippen LogP contribution < -0.4 is 4.74 Å². The molecule has 0 atom stereocenters. The molecule has 1 heterocycles. The predicted molar refractivity (Wildman–Crippen MR) is 86.6 cm³/mol. The first kappa shape index (κ1) is 17.2. The Kier molecular flexibility index (Phi) is 6.21. The third kappa shape index (κ3) is 3.61. The number of nitrogens with zero attached hydrogens (tertiary/aromatic N) is 1. The summed E-state index contributed by atoms with van der Waals surface area (Å²) in [5, 5.41) is 0. The highest BCUT2D eigenvalue weighted by atomic mass is 28.4. The largest absolute Gasteiger partial charge is 0.481 e. The van der Waals surface area contributed by atoms with Gasteiger partial charge in [0.2, 0.25) is 14.2 Å². The van der Waals surface area contributed by atoms with Crippen molar-refractivity contribution in [2.75, 3.05) is 7.11 Å². The second-order valence-electron chi connectivity index (χ2n) is 6.32. The SMILES string of the molecule is COc1ccc(CO[Si](C(C)C)(C(C)C)C(C)C)cn1. The van der Waals surface area contributed by atoms with E-state index in [1.54, 1.807) is 7.11 Å². The molecule has 0 aliphatic heterocycles. The molecule has 0 aliphatic rings. The van der Waals surface area contributed by atoms with Crippen LogP contribution >= 0.6 is 0 Å². The zero-order valence-corrected chi connectivity index (χ0v) is 14.9. The van der Waals surface area contributed by atoms with Crippen LogP contribution in [0.4, 0.5) is 0 Å². The van der Waals surface area contributed by atoms with E-state index in [1.165, 1.54) is 0 Å². The normalized spacial score (nSPS) is 12.5. The molecule has 0 amide bonds. The Bertz CT molecular complexity index is 380. The van der Waals surface area contributed by atoms with Crippen molar-refractivity contribution in [2.24, 2.45) is 0 Å². The van der Waals surface area contributed by atoms with Crippen molar-refractivity contribution in [3.8, 4) is 5.88 Å². The van der Waals surface area contributed by atoms with E-state index in [2.05, 4.69) is 46.5 Å². The summed E-state index contributed by atoms with van der Waals surface area (Å²) in [5.74, 6) is 0.647. The van der Waals surface area contributed by atoms with Crippen LogP contribution in [0.5, 0.6) is 5.88 Å². The molecule has 20 heavy (non-hydrogen) atoms. The average Bonchev–Trinajstić information content (AvgIpc) is 2.38. The Morgan fingerprint density at radius 1 is 1.00 bits per heavy atom. The summed E-state index contributed by atoms with van der Waals surface area (Å²) < 4.78 is 11.6. The quantitative estimate of drug-likeness (QED) is 0.678. The highest BCUT2D eigenvalue weighted by molar-refractivity contribution is 6.77. The van der Waals surface area contributed by atoms with Gasteiger partial charge in [-0.3, -0.25) is 0 Å². The Morgan fingerprint density at radius 3 is 1.90 bits per heavy atom. The average molecular weight is 295 g/mol. The van der Waals surface area contributed by atoms with Crippen LogP contribution in [-0.2, 0) is 11.0 Å². The van der Waals surface area contributed by atoms with Gasteiger partial charge in [0.25, 0.3) is 0 Å². The molecule has 1 aromatic rings. The summed E-state index contributed by atoms with van der Waals surface area (Å²) >= 11 is 0. The van der Waals surface area contributed by atoms with Crippen LogP contribution in [0.3, 0.4) is 0 Å². The molecule has 114 valence electrons. The van der Waals surface area contributed by atoms with Crippen molar-refractivity contribution in [1.29, 1.82) is 0 Å². The Hall–Kier alpha value is -0.873. The summed E-state index contributed by atoms with van der Waals surface area (Å²) in [5.41, 5.74) is 2.93. The van der Waals surface area contributed by atoms with Gasteiger partial charge in [-0.1, -0.05) is 41.5 Å². The minimum Gasteiger partial charge on any atom is -0.481 e. The van der Waals surface area contributed by atoms with E-state index in [1.807, 2.05) is 18.3 Å². The summed E-state index contributed by atoms with van der Waals surface area (Å²) in [6.45, 7) is 14.5. The van der Waals surface area contributed by atoms with Gasteiger partial charge in [0.05, 0.1) is 13.7 Å². The summed E-state index contributed by atoms with van der Waals surface area (Å²) in [7, 11) is -0.160. The second kappa shape index (κ2) is 7.23. The molecule has 3 nitrogen and oxygen atoms in total. The molecule has 0 bridgehead atoms. The molecular formula is C16H29NO2Si. The zero-order chi connectivity index (χ0) is 15.3. The van der Waals surface area contributed by atoms with Crippen molar-refractivity contribution in [3.05, 3.63) is 23.9 Å². The number of pyridine rings is 1. The third-order valence-electron chi connectivity index (χ3n) is 4.20. The summed E-state index contributed by atoms with van der Waals surface area (Å²) in [6, 6.07) is 3.92. The van der Waals surface area contributed by atoms with Crippen LogP contribution in [0, 0.1) is 0 Å². The summed E-state index contributed by atoms with van der Waals surface area (Å²) in [4.78, 5) is 4.25. The number of hydrogen-bond donors (Lipinski definition) is 0. The highest BCUT2D eigenvalue weighted by Crippen LogP contribution is 2.42. The molecule has 1 aromatic heterocycles. The molecule has 0 aliphatic carbocycles. The first-order valence-corrected chi connectivity index (χ1v) is 9.61. The van der Waals surface area contributed by atoms with Crippen LogP contribution in [0.15, 0.2) is 18.3 Å². The number of ether oxygens (including phenoxy) is 1. The standard InChI is InChI=1S/C16H29NO2Si/c1-12(2)20(13(3)4,14(5)6)19-11-15-8-9-16(18-7)17-10-15/h8-10,12-14H,11H2,1-7H3. The Balaban J connectivity index is 2.85. The first-order chi connectivity index (χ1) is 9.34. The predicted octanol–water partition coefficient (Wildman–Crippen LogP) is 4.78. The van der Waals surface area contributed by atoms with E-state index in [0.29, 0.717) is 29.1 Å². The topological polar surface area (TPSA) is 31.4 Å². The Labute approximate surface area is 124 Å². The van der Waals surface area contributed by atoms with Crippen LogP contribution in [0.25, 0.3) is 0 Å². The molecule has 0 radical (unpaired) electrons. The zero-order valence-electron chi connectivity index (χ0n) is 13.9. The number of methoxy groups -OCH3 is 1. The minimum absolute atomic E-state index is 0.605. The molecule has 1 rings (SSSR count). The van der Waals surface area contributed by atoms with E-state index >= 15 is 0 Å². The van der Waals surface area contributed by atoms with Gasteiger partial charge < -0.3 is 9.16 Å². The fourth-order valence-electron chi connectivity index (χ4n) is 3.33. The van der Waals surface area contributed by atoms with E-state index < -0.39 is 8.32 Å². The van der Waals surface area contributed by atoms with Crippen molar-refractivity contribution >= 4 is 8.32 Å². The fourth-order valence-corrected chi connectivity index (χ4v) is 8.74. The van der Waals surface area contributed by atoms with Crippen LogP contribution in [-0.4, -0.2) is 20.4 Å². The maximum Gasteiger partial charge on any atom is 0.212 e. The lowest BCUT2D eigenvalue weighted by molar-refractivity contribution is 0.265. The highest BCUT2D eigenvalue weighted by Gasteiger charge is 2.44. The van der Waals surface area contributed by atoms with Crippen molar-refractivity contribution in [3.63, 3.8) is 0 Å². The third-order valence-corrected chi connectivity index (χ3v) is 10.3. The summed E-state index contributed by atoms with van der Waals surface area (Å²) in [6.07, 6.45) is 1.85. The lowest BCUT2D eigenvalue weighted by Gasteiger charge is -2.42. The van der Waals surface area contributed by atoms with Crippen LogP contribution in [0.2, 0.25) is 16.6 Å². The van der Waals surface area contributed by atoms with Crippen LogP contribution in [0.1, 0.15) is 47.1 Å². The molecule has 0 saturated carbocycles. The van der Waals surface area contributed by atoms with Crippen molar-refractivity contribution in [2.45, 2.75) is 64.8 Å². The molecular weight excluding hydrogens is 266 g/mol. The van der Waals surface area contributed by atoms with Crippen molar-refractivity contribution in [1.82, 2.24) is 4.98 Å². The molecule has 0 aromatic carbocycles. The number of rotatable bonds is 7. The Morgan fingerprint density at radius 2 is 1.55 bits per heavy atom. The van der Waals surface area contributed by atoms with Gasteiger partial charge in [-0.2, -0.15) is 0 Å². The van der Waals surface area contributed by atoms with Gasteiger partial charge in [-0.25, -0.2) is 4.98 Å². The second-order valence-corrected chi connectivity index (χ2v) is 11.8. The van der Waals surface area contributed by atoms with Gasteiger partial charge in [-0.05, 0) is 28.3 Å². The molecule has 4 heteroatoms. The molecule has 0 unspecified atom stereocenters. The minimum atomic E-state index is -1.79. The molecule has 0 saturated heterocycles. The molecule has 0 N–H and O–H groups in total. The number of aromatic nitrogens is 1. The first-order valence-electron chi connectivity index (χ1n) is 7.47. The van der Waals surface area contributed by atoms with Gasteiger partial charge >= 0.3 is 0 Å². The van der Waals surface area contributed by atoms with Gasteiger partial charge in [-0.15, -0.1) is 0 Å². The molecule has 0 spiro atoms. The van der Waals surface area contributed by atoms with Gasteiger partial charge in [0, 0.05) is 12.3 Å².